The Bertz CT molecular complexity index is 1570. The lowest BCUT2D eigenvalue weighted by atomic mass is 9.94. The zero-order valence-electron chi connectivity index (χ0n) is 20.4. The van der Waals surface area contributed by atoms with Gasteiger partial charge >= 0.3 is 6.18 Å². The topological polar surface area (TPSA) is 62.3 Å². The van der Waals surface area contributed by atoms with Gasteiger partial charge in [0, 0.05) is 24.2 Å². The number of carbonyl (C=O) groups is 2. The summed E-state index contributed by atoms with van der Waals surface area (Å²) in [5, 5.41) is 3.79. The number of carbonyl (C=O) groups excluding carboxylic acids is 2. The highest BCUT2D eigenvalue weighted by atomic mass is 19.4. The van der Waals surface area contributed by atoms with Crippen molar-refractivity contribution >= 4 is 28.4 Å². The molecule has 0 aliphatic carbocycles. The maximum atomic E-state index is 13.9. The first-order chi connectivity index (χ1) is 18.1. The zero-order valence-corrected chi connectivity index (χ0v) is 20.4. The van der Waals surface area contributed by atoms with Crippen LogP contribution in [0.15, 0.2) is 66.7 Å². The molecule has 0 unspecified atom stereocenters. The van der Waals surface area contributed by atoms with Gasteiger partial charge in [-0.15, -0.1) is 0 Å². The fourth-order valence-electron chi connectivity index (χ4n) is 4.74. The van der Waals surface area contributed by atoms with Gasteiger partial charge in [-0.1, -0.05) is 42.5 Å². The maximum Gasteiger partial charge on any atom is 0.419 e. The number of para-hydroxylation sites is 1. The van der Waals surface area contributed by atoms with Gasteiger partial charge < -0.3 is 10.2 Å². The van der Waals surface area contributed by atoms with Crippen LogP contribution in [-0.2, 0) is 30.4 Å². The molecule has 0 radical (unpaired) electrons. The summed E-state index contributed by atoms with van der Waals surface area (Å²) >= 11 is 0. The first-order valence-electron chi connectivity index (χ1n) is 12.0. The highest BCUT2D eigenvalue weighted by Crippen LogP contribution is 2.32. The first-order valence-corrected chi connectivity index (χ1v) is 12.0. The molecule has 38 heavy (non-hydrogen) atoms. The second-order valence-electron chi connectivity index (χ2n) is 9.30. The SMILES string of the molecule is Cc1ccc2c(c1NC(=O)Cc1ccc(C(F)(F)F)c(F)c1)CCN(C(=O)c1ccc3ccccc3n1)C2. The number of benzene rings is 3. The van der Waals surface area contributed by atoms with Gasteiger partial charge in [-0.2, -0.15) is 13.2 Å². The number of aromatic nitrogens is 1. The molecule has 2 heterocycles. The van der Waals surface area contributed by atoms with E-state index < -0.39 is 23.5 Å². The number of pyridine rings is 1. The quantitative estimate of drug-likeness (QED) is 0.331. The number of fused-ring (bicyclic) bond motifs is 2. The number of nitrogens with one attached hydrogen (secondary N) is 1. The molecule has 0 fully saturated rings. The third-order valence-electron chi connectivity index (χ3n) is 6.68. The number of anilines is 1. The molecule has 0 saturated heterocycles. The largest absolute Gasteiger partial charge is 0.419 e. The van der Waals surface area contributed by atoms with E-state index in [1.54, 1.807) is 11.0 Å². The summed E-state index contributed by atoms with van der Waals surface area (Å²) < 4.78 is 52.4. The van der Waals surface area contributed by atoms with Crippen LogP contribution in [0.2, 0.25) is 0 Å². The molecule has 4 aromatic rings. The summed E-state index contributed by atoms with van der Waals surface area (Å²) in [6, 6.07) is 17.4. The van der Waals surface area contributed by atoms with Crippen molar-refractivity contribution in [1.82, 2.24) is 9.88 Å². The Morgan fingerprint density at radius 3 is 2.58 bits per heavy atom. The summed E-state index contributed by atoms with van der Waals surface area (Å²) in [5.74, 6) is -2.07. The van der Waals surface area contributed by atoms with Crippen LogP contribution in [0.4, 0.5) is 23.2 Å². The molecule has 9 heteroatoms. The average Bonchev–Trinajstić information content (AvgIpc) is 2.88. The molecule has 0 atom stereocenters. The van der Waals surface area contributed by atoms with E-state index in [1.807, 2.05) is 49.4 Å². The van der Waals surface area contributed by atoms with E-state index in [4.69, 9.17) is 0 Å². The van der Waals surface area contributed by atoms with Crippen molar-refractivity contribution in [2.45, 2.75) is 32.5 Å². The lowest BCUT2D eigenvalue weighted by Gasteiger charge is -2.30. The van der Waals surface area contributed by atoms with E-state index >= 15 is 0 Å². The standard InChI is InChI=1S/C29H23F4N3O2/c1-17-6-8-20-16-36(28(38)25-11-9-19-4-2-3-5-24(19)34-25)13-12-21(20)27(17)35-26(37)15-18-7-10-22(23(30)14-18)29(31,32)33/h2-11,14H,12-13,15-16H2,1H3,(H,35,37). The van der Waals surface area contributed by atoms with Gasteiger partial charge in [0.1, 0.15) is 11.5 Å². The van der Waals surface area contributed by atoms with Crippen LogP contribution in [0.25, 0.3) is 10.9 Å². The number of aryl methyl sites for hydroxylation is 1. The summed E-state index contributed by atoms with van der Waals surface area (Å²) in [7, 11) is 0. The second-order valence-corrected chi connectivity index (χ2v) is 9.30. The van der Waals surface area contributed by atoms with Gasteiger partial charge in [-0.25, -0.2) is 9.37 Å². The predicted molar refractivity (Wildman–Crippen MR) is 135 cm³/mol. The van der Waals surface area contributed by atoms with Crippen LogP contribution >= 0.6 is 0 Å². The van der Waals surface area contributed by atoms with Gasteiger partial charge in [0.15, 0.2) is 0 Å². The highest BCUT2D eigenvalue weighted by Gasteiger charge is 2.34. The highest BCUT2D eigenvalue weighted by molar-refractivity contribution is 5.96. The molecule has 0 saturated carbocycles. The van der Waals surface area contributed by atoms with Crippen molar-refractivity contribution in [1.29, 1.82) is 0 Å². The minimum Gasteiger partial charge on any atom is -0.333 e. The summed E-state index contributed by atoms with van der Waals surface area (Å²) in [6.45, 7) is 2.61. The number of alkyl halides is 3. The molecule has 1 aliphatic rings. The summed E-state index contributed by atoms with van der Waals surface area (Å²) in [4.78, 5) is 32.2. The Balaban J connectivity index is 1.31. The summed E-state index contributed by atoms with van der Waals surface area (Å²) in [6.07, 6.45) is -4.58. The van der Waals surface area contributed by atoms with E-state index in [1.165, 1.54) is 0 Å². The van der Waals surface area contributed by atoms with Crippen LogP contribution in [0.5, 0.6) is 0 Å². The number of amides is 2. The zero-order chi connectivity index (χ0) is 27.0. The lowest BCUT2D eigenvalue weighted by Crippen LogP contribution is -2.37. The van der Waals surface area contributed by atoms with E-state index in [0.29, 0.717) is 37.0 Å². The Kier molecular flexibility index (Phi) is 6.60. The van der Waals surface area contributed by atoms with Crippen LogP contribution in [0, 0.1) is 12.7 Å². The van der Waals surface area contributed by atoms with Crippen molar-refractivity contribution in [3.05, 3.63) is 106 Å². The molecule has 1 aromatic heterocycles. The third kappa shape index (κ3) is 5.09. The number of rotatable bonds is 4. The van der Waals surface area contributed by atoms with Gasteiger partial charge in [0.05, 0.1) is 17.5 Å². The minimum atomic E-state index is -4.80. The molecule has 1 N–H and O–H groups in total. The molecule has 5 rings (SSSR count). The second kappa shape index (κ2) is 9.89. The maximum absolute atomic E-state index is 13.9. The van der Waals surface area contributed by atoms with Crippen LogP contribution in [-0.4, -0.2) is 28.2 Å². The fourth-order valence-corrected chi connectivity index (χ4v) is 4.74. The lowest BCUT2D eigenvalue weighted by molar-refractivity contribution is -0.140. The molecular formula is C29H23F4N3O2. The third-order valence-corrected chi connectivity index (χ3v) is 6.68. The van der Waals surface area contributed by atoms with Crippen LogP contribution < -0.4 is 5.32 Å². The number of hydrogen-bond donors (Lipinski definition) is 1. The molecule has 0 spiro atoms. The Morgan fingerprint density at radius 2 is 1.82 bits per heavy atom. The van der Waals surface area contributed by atoms with Crippen molar-refractivity contribution < 1.29 is 27.2 Å². The van der Waals surface area contributed by atoms with E-state index in [0.717, 1.165) is 39.7 Å². The van der Waals surface area contributed by atoms with Gasteiger partial charge in [0.2, 0.25) is 5.91 Å². The number of hydrogen-bond acceptors (Lipinski definition) is 3. The predicted octanol–water partition coefficient (Wildman–Crippen LogP) is 6.08. The first kappa shape index (κ1) is 25.4. The fraction of sp³-hybridized carbons (Fsp3) is 0.207. The molecule has 0 bridgehead atoms. The van der Waals surface area contributed by atoms with Gasteiger partial charge in [-0.05, 0) is 59.9 Å². The molecular weight excluding hydrogens is 498 g/mol. The molecule has 5 nitrogen and oxygen atoms in total. The molecule has 194 valence electrons. The van der Waals surface area contributed by atoms with E-state index in [2.05, 4.69) is 10.3 Å². The van der Waals surface area contributed by atoms with Crippen molar-refractivity contribution in [2.75, 3.05) is 11.9 Å². The van der Waals surface area contributed by atoms with Crippen molar-refractivity contribution in [2.24, 2.45) is 0 Å². The van der Waals surface area contributed by atoms with Crippen molar-refractivity contribution in [3.8, 4) is 0 Å². The average molecular weight is 522 g/mol. The van der Waals surface area contributed by atoms with Crippen LogP contribution in [0.3, 0.4) is 0 Å². The number of nitrogens with zero attached hydrogens (tertiary/aromatic N) is 2. The molecule has 1 aliphatic heterocycles. The van der Waals surface area contributed by atoms with Gasteiger partial charge in [0.25, 0.3) is 5.91 Å². The summed E-state index contributed by atoms with van der Waals surface area (Å²) in [5.41, 5.74) is 3.06. The molecule has 2 amide bonds. The van der Waals surface area contributed by atoms with E-state index in [-0.39, 0.29) is 17.9 Å². The monoisotopic (exact) mass is 521 g/mol. The smallest absolute Gasteiger partial charge is 0.333 e. The molecule has 3 aromatic carbocycles. The Labute approximate surface area is 216 Å². The Morgan fingerprint density at radius 1 is 1.03 bits per heavy atom. The normalized spacial score (nSPS) is 13.3. The Hall–Kier alpha value is -4.27. The van der Waals surface area contributed by atoms with Gasteiger partial charge in [-0.3, -0.25) is 9.59 Å². The number of halogens is 4. The van der Waals surface area contributed by atoms with Crippen LogP contribution in [0.1, 0.15) is 38.3 Å². The van der Waals surface area contributed by atoms with Crippen molar-refractivity contribution in [3.63, 3.8) is 0 Å². The minimum absolute atomic E-state index is 0.134. The van der Waals surface area contributed by atoms with E-state index in [9.17, 15) is 27.2 Å².